The van der Waals surface area contributed by atoms with Gasteiger partial charge in [-0.1, -0.05) is 30.3 Å². The summed E-state index contributed by atoms with van der Waals surface area (Å²) in [5.41, 5.74) is 1.01. The highest BCUT2D eigenvalue weighted by atomic mass is 16.1. The Morgan fingerprint density at radius 3 is 2.08 bits per heavy atom. The van der Waals surface area contributed by atoms with Crippen LogP contribution in [0.2, 0.25) is 0 Å². The second kappa shape index (κ2) is 4.23. The lowest BCUT2D eigenvalue weighted by Crippen LogP contribution is -1.84. The number of hydrogen-bond donors (Lipinski definition) is 0. The number of carbonyl (C=O) groups excluding carboxylic acids is 2. The molecule has 0 aliphatic rings. The smallest absolute Gasteiger partial charge is 0.153 e. The molecule has 60 valence electrons. The maximum Gasteiger partial charge on any atom is 0.153 e. The van der Waals surface area contributed by atoms with E-state index in [1.54, 1.807) is 6.08 Å². The zero-order valence-electron chi connectivity index (χ0n) is 6.44. The molecule has 0 unspecified atom stereocenters. The highest BCUT2D eigenvalue weighted by Crippen LogP contribution is 2.02. The van der Waals surface area contributed by atoms with E-state index in [4.69, 9.17) is 0 Å². The molecule has 0 saturated heterocycles. The molecule has 0 saturated carbocycles. The highest BCUT2D eigenvalue weighted by molar-refractivity contribution is 6.04. The van der Waals surface area contributed by atoms with E-state index in [0.29, 0.717) is 12.6 Å². The van der Waals surface area contributed by atoms with Crippen molar-refractivity contribution in [3.05, 3.63) is 41.5 Å². The molecule has 0 bridgehead atoms. The summed E-state index contributed by atoms with van der Waals surface area (Å²) in [7, 11) is 0. The van der Waals surface area contributed by atoms with E-state index in [-0.39, 0.29) is 5.57 Å². The van der Waals surface area contributed by atoms with Crippen LogP contribution in [-0.2, 0) is 9.59 Å². The summed E-state index contributed by atoms with van der Waals surface area (Å²) in [4.78, 5) is 20.5. The molecule has 0 N–H and O–H groups in total. The van der Waals surface area contributed by atoms with Gasteiger partial charge in [-0.05, 0) is 11.6 Å². The van der Waals surface area contributed by atoms with Crippen LogP contribution in [0.1, 0.15) is 5.56 Å². The fourth-order valence-electron chi connectivity index (χ4n) is 0.838. The van der Waals surface area contributed by atoms with Crippen LogP contribution in [0.4, 0.5) is 0 Å². The van der Waals surface area contributed by atoms with Crippen LogP contribution < -0.4 is 0 Å². The molecule has 0 aromatic heterocycles. The van der Waals surface area contributed by atoms with Gasteiger partial charge in [0.25, 0.3) is 0 Å². The summed E-state index contributed by atoms with van der Waals surface area (Å²) in [6, 6.07) is 9.22. The van der Waals surface area contributed by atoms with Crippen molar-refractivity contribution in [2.75, 3.05) is 0 Å². The Kier molecular flexibility index (Phi) is 2.96. The molecule has 1 aromatic rings. The first-order valence-electron chi connectivity index (χ1n) is 3.54. The Bertz CT molecular complexity index is 289. The van der Waals surface area contributed by atoms with Gasteiger partial charge in [-0.3, -0.25) is 9.59 Å². The molecule has 0 heterocycles. The van der Waals surface area contributed by atoms with Gasteiger partial charge in [-0.15, -0.1) is 0 Å². The van der Waals surface area contributed by atoms with E-state index in [1.807, 2.05) is 30.3 Å². The molecule has 0 aliphatic heterocycles. The average Bonchev–Trinajstić information content (AvgIpc) is 2.16. The van der Waals surface area contributed by atoms with Crippen LogP contribution in [0.3, 0.4) is 0 Å². The van der Waals surface area contributed by atoms with Gasteiger partial charge in [0.1, 0.15) is 0 Å². The summed E-state index contributed by atoms with van der Waals surface area (Å²) >= 11 is 0. The molecule has 2 heteroatoms. The third-order valence-corrected chi connectivity index (χ3v) is 1.41. The lowest BCUT2D eigenvalue weighted by atomic mass is 10.1. The first-order chi connectivity index (χ1) is 5.86. The van der Waals surface area contributed by atoms with Gasteiger partial charge in [0.2, 0.25) is 0 Å². The predicted molar refractivity (Wildman–Crippen MR) is 46.5 cm³/mol. The molecule has 12 heavy (non-hydrogen) atoms. The van der Waals surface area contributed by atoms with E-state index < -0.39 is 0 Å². The third-order valence-electron chi connectivity index (χ3n) is 1.41. The van der Waals surface area contributed by atoms with Crippen molar-refractivity contribution in [2.45, 2.75) is 0 Å². The molecular weight excluding hydrogens is 152 g/mol. The van der Waals surface area contributed by atoms with Gasteiger partial charge in [0.15, 0.2) is 12.6 Å². The van der Waals surface area contributed by atoms with Crippen LogP contribution in [0, 0.1) is 0 Å². The van der Waals surface area contributed by atoms with Crippen LogP contribution in [0.5, 0.6) is 0 Å². The first kappa shape index (κ1) is 8.40. The van der Waals surface area contributed by atoms with E-state index in [1.165, 1.54) is 0 Å². The van der Waals surface area contributed by atoms with Crippen LogP contribution in [-0.4, -0.2) is 12.6 Å². The number of allylic oxidation sites excluding steroid dienone is 1. The maximum atomic E-state index is 10.2. The Morgan fingerprint density at radius 2 is 1.58 bits per heavy atom. The van der Waals surface area contributed by atoms with Crippen molar-refractivity contribution >= 4 is 18.6 Å². The zero-order chi connectivity index (χ0) is 8.81. The summed E-state index contributed by atoms with van der Waals surface area (Å²) in [5, 5.41) is 0. The lowest BCUT2D eigenvalue weighted by molar-refractivity contribution is -0.109. The summed E-state index contributed by atoms with van der Waals surface area (Å²) in [6.07, 6.45) is 2.62. The SMILES string of the molecule is O=CC(C=O)=Cc1ccccc1. The van der Waals surface area contributed by atoms with Crippen LogP contribution in [0.15, 0.2) is 35.9 Å². The normalized spacial score (nSPS) is 8.67. The van der Waals surface area contributed by atoms with Crippen LogP contribution in [0.25, 0.3) is 6.08 Å². The summed E-state index contributed by atoms with van der Waals surface area (Å²) in [6.45, 7) is 0. The second-order valence-corrected chi connectivity index (χ2v) is 2.29. The molecule has 0 radical (unpaired) electrons. The minimum absolute atomic E-state index is 0.154. The Labute approximate surface area is 70.5 Å². The Balaban J connectivity index is 2.93. The standard InChI is InChI=1S/C10H8O2/c11-7-10(8-12)6-9-4-2-1-3-5-9/h1-8H. The number of benzene rings is 1. The van der Waals surface area contributed by atoms with E-state index >= 15 is 0 Å². The average molecular weight is 160 g/mol. The van der Waals surface area contributed by atoms with Gasteiger partial charge in [0.05, 0.1) is 5.57 Å². The van der Waals surface area contributed by atoms with Crippen molar-refractivity contribution in [1.29, 1.82) is 0 Å². The van der Waals surface area contributed by atoms with Gasteiger partial charge in [-0.2, -0.15) is 0 Å². The molecule has 0 atom stereocenters. The van der Waals surface area contributed by atoms with Gasteiger partial charge >= 0.3 is 0 Å². The summed E-state index contributed by atoms with van der Waals surface area (Å²) in [5.74, 6) is 0. The van der Waals surface area contributed by atoms with Gasteiger partial charge < -0.3 is 0 Å². The quantitative estimate of drug-likeness (QED) is 0.290. The molecule has 0 amide bonds. The molecule has 0 aliphatic carbocycles. The number of hydrogen-bond acceptors (Lipinski definition) is 2. The number of carbonyl (C=O) groups is 2. The first-order valence-corrected chi connectivity index (χ1v) is 3.54. The van der Waals surface area contributed by atoms with E-state index in [2.05, 4.69) is 0 Å². The number of rotatable bonds is 3. The fraction of sp³-hybridized carbons (Fsp3) is 0. The van der Waals surface area contributed by atoms with E-state index in [0.717, 1.165) is 5.56 Å². The molecule has 0 fully saturated rings. The maximum absolute atomic E-state index is 10.2. The monoisotopic (exact) mass is 160 g/mol. The van der Waals surface area contributed by atoms with Gasteiger partial charge in [0, 0.05) is 0 Å². The van der Waals surface area contributed by atoms with Gasteiger partial charge in [-0.25, -0.2) is 0 Å². The zero-order valence-corrected chi connectivity index (χ0v) is 6.44. The lowest BCUT2D eigenvalue weighted by Gasteiger charge is -1.90. The Morgan fingerprint density at radius 1 is 1.00 bits per heavy atom. The van der Waals surface area contributed by atoms with Crippen LogP contribution >= 0.6 is 0 Å². The van der Waals surface area contributed by atoms with Crippen molar-refractivity contribution < 1.29 is 9.59 Å². The number of aldehydes is 2. The minimum atomic E-state index is 0.154. The van der Waals surface area contributed by atoms with Crippen molar-refractivity contribution in [3.63, 3.8) is 0 Å². The minimum Gasteiger partial charge on any atom is -0.298 e. The molecule has 1 aromatic carbocycles. The van der Waals surface area contributed by atoms with Crippen molar-refractivity contribution in [1.82, 2.24) is 0 Å². The molecular formula is C10H8O2. The van der Waals surface area contributed by atoms with E-state index in [9.17, 15) is 9.59 Å². The topological polar surface area (TPSA) is 34.1 Å². The molecule has 0 spiro atoms. The largest absolute Gasteiger partial charge is 0.298 e. The molecule has 2 nitrogen and oxygen atoms in total. The predicted octanol–water partition coefficient (Wildman–Crippen LogP) is 1.47. The third kappa shape index (κ3) is 2.16. The Hall–Kier alpha value is -1.70. The fourth-order valence-corrected chi connectivity index (χ4v) is 0.838. The summed E-state index contributed by atoms with van der Waals surface area (Å²) < 4.78 is 0. The molecule has 1 rings (SSSR count). The second-order valence-electron chi connectivity index (χ2n) is 2.29. The van der Waals surface area contributed by atoms with Crippen molar-refractivity contribution in [3.8, 4) is 0 Å². The highest BCUT2D eigenvalue weighted by Gasteiger charge is 1.91. The van der Waals surface area contributed by atoms with Crippen molar-refractivity contribution in [2.24, 2.45) is 0 Å².